The van der Waals surface area contributed by atoms with Crippen molar-refractivity contribution in [2.75, 3.05) is 20.7 Å². The molecule has 0 aliphatic carbocycles. The minimum Gasteiger partial charge on any atom is -0.497 e. The number of rotatable bonds is 7. The lowest BCUT2D eigenvalue weighted by Gasteiger charge is -2.16. The third-order valence-corrected chi connectivity index (χ3v) is 5.53. The number of aromatic amines is 1. The maximum Gasteiger partial charge on any atom is 0.274 e. The third-order valence-electron chi connectivity index (χ3n) is 5.17. The third kappa shape index (κ3) is 4.72. The first-order valence-corrected chi connectivity index (χ1v) is 10.3. The van der Waals surface area contributed by atoms with Gasteiger partial charge in [0, 0.05) is 35.9 Å². The van der Waals surface area contributed by atoms with Crippen molar-refractivity contribution in [2.45, 2.75) is 19.8 Å². The lowest BCUT2D eigenvalue weighted by molar-refractivity contribution is -0.129. The molecule has 2 heterocycles. The van der Waals surface area contributed by atoms with E-state index in [1.807, 2.05) is 18.2 Å². The smallest absolute Gasteiger partial charge is 0.274 e. The van der Waals surface area contributed by atoms with Crippen LogP contribution in [0.25, 0.3) is 22.5 Å². The Morgan fingerprint density at radius 2 is 2.06 bits per heavy atom. The summed E-state index contributed by atoms with van der Waals surface area (Å²) in [5.41, 5.74) is 3.74. The van der Waals surface area contributed by atoms with Crippen LogP contribution in [0.3, 0.4) is 0 Å². The second kappa shape index (κ2) is 8.81. The van der Waals surface area contributed by atoms with Crippen molar-refractivity contribution in [1.82, 2.24) is 20.0 Å². The number of fused-ring (bicyclic) bond motifs is 1. The summed E-state index contributed by atoms with van der Waals surface area (Å²) in [7, 11) is 3.33. The molecule has 4 rings (SSSR count). The highest BCUT2D eigenvalue weighted by Crippen LogP contribution is 2.24. The van der Waals surface area contributed by atoms with Gasteiger partial charge in [-0.1, -0.05) is 34.5 Å². The molecule has 0 saturated heterocycles. The fourth-order valence-corrected chi connectivity index (χ4v) is 3.56. The molecule has 0 atom stereocenters. The lowest BCUT2D eigenvalue weighted by atomic mass is 10.1. The van der Waals surface area contributed by atoms with E-state index in [0.717, 1.165) is 22.2 Å². The van der Waals surface area contributed by atoms with Gasteiger partial charge in [-0.2, -0.15) is 4.98 Å². The van der Waals surface area contributed by atoms with Gasteiger partial charge < -0.3 is 19.1 Å². The Kier molecular flexibility index (Phi) is 5.95. The molecule has 0 radical (unpaired) electrons. The molecule has 0 spiro atoms. The minimum absolute atomic E-state index is 0.0400. The van der Waals surface area contributed by atoms with Crippen molar-refractivity contribution in [3.63, 3.8) is 0 Å². The van der Waals surface area contributed by atoms with Gasteiger partial charge in [-0.15, -0.1) is 0 Å². The number of likely N-dealkylation sites (N-methyl/N-ethyl adjacent to an activating group) is 1. The van der Waals surface area contributed by atoms with E-state index < -0.39 is 0 Å². The van der Waals surface area contributed by atoms with Crippen LogP contribution in [0.4, 0.5) is 0 Å². The van der Waals surface area contributed by atoms with Crippen molar-refractivity contribution >= 4 is 28.4 Å². The molecule has 0 unspecified atom stereocenters. The summed E-state index contributed by atoms with van der Waals surface area (Å²) in [6.07, 6.45) is 0.701. The number of aryl methyl sites for hydroxylation is 1. The first-order valence-electron chi connectivity index (χ1n) is 9.91. The fraction of sp³-hybridized carbons (Fsp3) is 0.261. The summed E-state index contributed by atoms with van der Waals surface area (Å²) in [5.74, 6) is 1.60. The summed E-state index contributed by atoms with van der Waals surface area (Å²) >= 11 is 6.24. The van der Waals surface area contributed by atoms with E-state index in [-0.39, 0.29) is 12.3 Å². The number of nitrogens with one attached hydrogen (secondary N) is 1. The predicted octanol–water partition coefficient (Wildman–Crippen LogP) is 4.43. The number of hydrogen-bond acceptors (Lipinski definition) is 5. The Labute approximate surface area is 185 Å². The van der Waals surface area contributed by atoms with Gasteiger partial charge in [0.15, 0.2) is 5.82 Å². The van der Waals surface area contributed by atoms with Crippen molar-refractivity contribution < 1.29 is 14.1 Å². The molecule has 8 heteroatoms. The Morgan fingerprint density at radius 1 is 1.23 bits per heavy atom. The van der Waals surface area contributed by atoms with E-state index >= 15 is 0 Å². The molecule has 160 valence electrons. The van der Waals surface area contributed by atoms with Gasteiger partial charge in [-0.25, -0.2) is 0 Å². The maximum absolute atomic E-state index is 12.6. The largest absolute Gasteiger partial charge is 0.497 e. The standard InChI is InChI=1S/C23H23ClN4O3/c1-14-4-7-19-16(10-14)11-20(25-19)23-26-21(27-31-23)8-9-28(2)22(29)12-15-5-6-17(30-3)13-18(15)24/h4-7,10-11,13,25H,8-9,12H2,1-3H3. The van der Waals surface area contributed by atoms with Gasteiger partial charge in [0.2, 0.25) is 5.91 Å². The molecule has 1 N–H and O–H groups in total. The zero-order valence-corrected chi connectivity index (χ0v) is 18.4. The number of nitrogens with zero attached hydrogens (tertiary/aromatic N) is 3. The molecule has 0 bridgehead atoms. The molecular weight excluding hydrogens is 416 g/mol. The van der Waals surface area contributed by atoms with Crippen LogP contribution in [-0.4, -0.2) is 46.6 Å². The average Bonchev–Trinajstić information content (AvgIpc) is 3.39. The monoisotopic (exact) mass is 438 g/mol. The van der Waals surface area contributed by atoms with Crippen LogP contribution >= 0.6 is 11.6 Å². The summed E-state index contributed by atoms with van der Waals surface area (Å²) in [5, 5.41) is 5.66. The molecule has 7 nitrogen and oxygen atoms in total. The molecular formula is C23H23ClN4O3. The quantitative estimate of drug-likeness (QED) is 0.461. The van der Waals surface area contributed by atoms with Crippen LogP contribution in [0.1, 0.15) is 17.0 Å². The summed E-state index contributed by atoms with van der Waals surface area (Å²) in [6.45, 7) is 2.52. The molecule has 1 amide bonds. The number of hydrogen-bond donors (Lipinski definition) is 1. The summed E-state index contributed by atoms with van der Waals surface area (Å²) in [6, 6.07) is 13.5. The van der Waals surface area contributed by atoms with E-state index in [9.17, 15) is 4.79 Å². The number of H-pyrrole nitrogens is 1. The van der Waals surface area contributed by atoms with Gasteiger partial charge in [-0.05, 0) is 42.8 Å². The van der Waals surface area contributed by atoms with Crippen molar-refractivity contribution in [2.24, 2.45) is 0 Å². The Morgan fingerprint density at radius 3 is 2.84 bits per heavy atom. The van der Waals surface area contributed by atoms with E-state index in [1.54, 1.807) is 37.3 Å². The number of methoxy groups -OCH3 is 1. The van der Waals surface area contributed by atoms with Crippen molar-refractivity contribution in [1.29, 1.82) is 0 Å². The fourth-order valence-electron chi connectivity index (χ4n) is 3.32. The van der Waals surface area contributed by atoms with Gasteiger partial charge >= 0.3 is 0 Å². The normalized spacial score (nSPS) is 11.1. The van der Waals surface area contributed by atoms with Crippen molar-refractivity contribution in [3.8, 4) is 17.3 Å². The van der Waals surface area contributed by atoms with Crippen LogP contribution in [0.2, 0.25) is 5.02 Å². The second-order valence-electron chi connectivity index (χ2n) is 7.49. The number of halogens is 1. The lowest BCUT2D eigenvalue weighted by Crippen LogP contribution is -2.30. The van der Waals surface area contributed by atoms with Crippen LogP contribution in [0, 0.1) is 6.92 Å². The number of benzene rings is 2. The first kappa shape index (κ1) is 20.9. The Bertz CT molecular complexity index is 1230. The predicted molar refractivity (Wildman–Crippen MR) is 119 cm³/mol. The summed E-state index contributed by atoms with van der Waals surface area (Å²) < 4.78 is 10.6. The molecule has 0 aliphatic rings. The molecule has 2 aromatic heterocycles. The highest BCUT2D eigenvalue weighted by Gasteiger charge is 2.15. The zero-order valence-electron chi connectivity index (χ0n) is 17.6. The number of aromatic nitrogens is 3. The number of ether oxygens (including phenoxy) is 1. The SMILES string of the molecule is COc1ccc(CC(=O)N(C)CCc2noc(-c3cc4cc(C)ccc4[nH]3)n2)c(Cl)c1. The zero-order chi connectivity index (χ0) is 22.0. The topological polar surface area (TPSA) is 84.2 Å². The molecule has 0 aliphatic heterocycles. The number of amides is 1. The Balaban J connectivity index is 1.36. The number of carbonyl (C=O) groups is 1. The molecule has 0 fully saturated rings. The summed E-state index contributed by atoms with van der Waals surface area (Å²) in [4.78, 5) is 22.0. The van der Waals surface area contributed by atoms with E-state index in [2.05, 4.69) is 28.1 Å². The highest BCUT2D eigenvalue weighted by atomic mass is 35.5. The molecule has 4 aromatic rings. The van der Waals surface area contributed by atoms with Crippen LogP contribution in [-0.2, 0) is 17.6 Å². The van der Waals surface area contributed by atoms with Gasteiger partial charge in [0.05, 0.1) is 13.5 Å². The van der Waals surface area contributed by atoms with E-state index in [4.69, 9.17) is 20.9 Å². The molecule has 0 saturated carbocycles. The van der Waals surface area contributed by atoms with Gasteiger partial charge in [0.1, 0.15) is 11.4 Å². The first-order chi connectivity index (χ1) is 14.9. The van der Waals surface area contributed by atoms with E-state index in [1.165, 1.54) is 5.56 Å². The molecule has 31 heavy (non-hydrogen) atoms. The van der Waals surface area contributed by atoms with Crippen LogP contribution in [0.15, 0.2) is 47.0 Å². The number of carbonyl (C=O) groups excluding carboxylic acids is 1. The van der Waals surface area contributed by atoms with E-state index in [0.29, 0.717) is 35.5 Å². The minimum atomic E-state index is -0.0400. The maximum atomic E-state index is 12.6. The van der Waals surface area contributed by atoms with Crippen molar-refractivity contribution in [3.05, 3.63) is 64.4 Å². The van der Waals surface area contributed by atoms with Gasteiger partial charge in [0.25, 0.3) is 5.89 Å². The second-order valence-corrected chi connectivity index (χ2v) is 7.90. The average molecular weight is 439 g/mol. The Hall–Kier alpha value is -3.32. The molecule has 2 aromatic carbocycles. The van der Waals surface area contributed by atoms with Crippen LogP contribution in [0.5, 0.6) is 5.75 Å². The van der Waals surface area contributed by atoms with Gasteiger partial charge in [-0.3, -0.25) is 4.79 Å². The highest BCUT2D eigenvalue weighted by molar-refractivity contribution is 6.31. The van der Waals surface area contributed by atoms with Crippen LogP contribution < -0.4 is 4.74 Å².